The van der Waals surface area contributed by atoms with Crippen LogP contribution in [-0.2, 0) is 4.79 Å². The fourth-order valence-corrected chi connectivity index (χ4v) is 5.02. The molecule has 0 fully saturated rings. The summed E-state index contributed by atoms with van der Waals surface area (Å²) >= 11 is 1.51. The molecule has 0 unspecified atom stereocenters. The average Bonchev–Trinajstić information content (AvgIpc) is 3.34. The lowest BCUT2D eigenvalue weighted by atomic mass is 10.0. The van der Waals surface area contributed by atoms with Gasteiger partial charge in [-0.25, -0.2) is 15.0 Å². The van der Waals surface area contributed by atoms with E-state index in [4.69, 9.17) is 14.6 Å². The normalized spacial score (nSPS) is 16.0. The van der Waals surface area contributed by atoms with Crippen molar-refractivity contribution in [2.45, 2.75) is 12.2 Å². The Hall–Kier alpha value is -3.60. The van der Waals surface area contributed by atoms with Crippen LogP contribution in [0.15, 0.2) is 30.9 Å². The third-order valence-electron chi connectivity index (χ3n) is 5.13. The van der Waals surface area contributed by atoms with E-state index in [0.29, 0.717) is 34.3 Å². The Kier molecular flexibility index (Phi) is 4.74. The number of nitrogens with one attached hydrogen (secondary N) is 2. The van der Waals surface area contributed by atoms with E-state index < -0.39 is 0 Å². The molecule has 158 valence electrons. The summed E-state index contributed by atoms with van der Waals surface area (Å²) in [6.45, 7) is 1.92. The van der Waals surface area contributed by atoms with Gasteiger partial charge in [-0.1, -0.05) is 12.1 Å². The lowest BCUT2D eigenvalue weighted by molar-refractivity contribution is -0.113. The largest absolute Gasteiger partial charge is 0.493 e. The Labute approximate surface area is 181 Å². The number of carbonyl (C=O) groups excluding carboxylic acids is 1. The van der Waals surface area contributed by atoms with Gasteiger partial charge in [0.1, 0.15) is 17.7 Å². The summed E-state index contributed by atoms with van der Waals surface area (Å²) in [7, 11) is 3.21. The first-order valence-electron chi connectivity index (χ1n) is 9.48. The predicted molar refractivity (Wildman–Crippen MR) is 116 cm³/mol. The number of hydrogen-bond acceptors (Lipinski definition) is 8. The molecule has 4 heterocycles. The summed E-state index contributed by atoms with van der Waals surface area (Å²) in [5, 5.41) is 7.53. The van der Waals surface area contributed by atoms with Crippen molar-refractivity contribution in [1.29, 1.82) is 0 Å². The smallest absolute Gasteiger partial charge is 0.235 e. The third-order valence-corrected chi connectivity index (χ3v) is 6.38. The SMILES string of the molecule is COc1cccc([C@H]2SCC(=O)Nc3c2c(C)nn3-c2ncnc3nc[nH]c23)c1OC. The predicted octanol–water partition coefficient (Wildman–Crippen LogP) is 2.64. The Morgan fingerprint density at radius 3 is 2.87 bits per heavy atom. The number of fused-ring (bicyclic) bond motifs is 2. The number of aromatic amines is 1. The Morgan fingerprint density at radius 2 is 2.06 bits per heavy atom. The Morgan fingerprint density at radius 1 is 1.19 bits per heavy atom. The highest BCUT2D eigenvalue weighted by Gasteiger charge is 2.33. The lowest BCUT2D eigenvalue weighted by Gasteiger charge is -2.20. The van der Waals surface area contributed by atoms with Crippen molar-refractivity contribution in [1.82, 2.24) is 29.7 Å². The zero-order valence-electron chi connectivity index (χ0n) is 17.0. The van der Waals surface area contributed by atoms with Crippen LogP contribution in [0.3, 0.4) is 0 Å². The summed E-state index contributed by atoms with van der Waals surface area (Å²) < 4.78 is 12.8. The number of amides is 1. The van der Waals surface area contributed by atoms with Crippen molar-refractivity contribution in [3.63, 3.8) is 0 Å². The maximum atomic E-state index is 12.6. The number of hydrogen-bond donors (Lipinski definition) is 2. The van der Waals surface area contributed by atoms with Gasteiger partial charge in [0.05, 0.1) is 37.2 Å². The number of aryl methyl sites for hydroxylation is 1. The highest BCUT2D eigenvalue weighted by molar-refractivity contribution is 8.00. The molecule has 10 nitrogen and oxygen atoms in total. The molecule has 0 radical (unpaired) electrons. The number of benzene rings is 1. The molecule has 1 aliphatic rings. The third kappa shape index (κ3) is 3.08. The van der Waals surface area contributed by atoms with Crippen molar-refractivity contribution < 1.29 is 14.3 Å². The van der Waals surface area contributed by atoms with Crippen molar-refractivity contribution in [2.24, 2.45) is 0 Å². The second-order valence-electron chi connectivity index (χ2n) is 6.88. The van der Waals surface area contributed by atoms with Crippen LogP contribution in [0.4, 0.5) is 5.82 Å². The van der Waals surface area contributed by atoms with Gasteiger partial charge in [0.2, 0.25) is 5.91 Å². The molecule has 11 heteroatoms. The van der Waals surface area contributed by atoms with Crippen LogP contribution in [-0.4, -0.2) is 55.6 Å². The van der Waals surface area contributed by atoms with Crippen LogP contribution >= 0.6 is 11.8 Å². The summed E-state index contributed by atoms with van der Waals surface area (Å²) in [5.41, 5.74) is 3.71. The zero-order chi connectivity index (χ0) is 21.5. The maximum Gasteiger partial charge on any atom is 0.235 e. The molecular formula is C20H19N7O3S. The van der Waals surface area contributed by atoms with E-state index in [9.17, 15) is 4.79 Å². The van der Waals surface area contributed by atoms with Gasteiger partial charge in [-0.15, -0.1) is 11.8 Å². The molecule has 0 saturated carbocycles. The number of anilines is 1. The summed E-state index contributed by atoms with van der Waals surface area (Å²) in [4.78, 5) is 28.4. The first kappa shape index (κ1) is 19.4. The molecule has 5 rings (SSSR count). The molecular weight excluding hydrogens is 418 g/mol. The van der Waals surface area contributed by atoms with Gasteiger partial charge < -0.3 is 19.8 Å². The molecule has 3 aromatic heterocycles. The van der Waals surface area contributed by atoms with Crippen molar-refractivity contribution in [3.05, 3.63) is 47.7 Å². The van der Waals surface area contributed by atoms with Crippen LogP contribution in [0.2, 0.25) is 0 Å². The fraction of sp³-hybridized carbons (Fsp3) is 0.250. The number of aromatic nitrogens is 6. The fourth-order valence-electron chi connectivity index (χ4n) is 3.81. The first-order chi connectivity index (χ1) is 15.1. The molecule has 0 aliphatic carbocycles. The Balaban J connectivity index is 1.74. The number of methoxy groups -OCH3 is 2. The average molecular weight is 437 g/mol. The minimum absolute atomic E-state index is 0.119. The van der Waals surface area contributed by atoms with E-state index in [1.54, 1.807) is 25.2 Å². The summed E-state index contributed by atoms with van der Waals surface area (Å²) in [6, 6.07) is 5.74. The van der Waals surface area contributed by atoms with E-state index in [1.165, 1.54) is 18.1 Å². The molecule has 0 bridgehead atoms. The van der Waals surface area contributed by atoms with E-state index >= 15 is 0 Å². The van der Waals surface area contributed by atoms with Gasteiger partial charge in [0.25, 0.3) is 0 Å². The van der Waals surface area contributed by atoms with Crippen LogP contribution in [0, 0.1) is 6.92 Å². The van der Waals surface area contributed by atoms with Crippen LogP contribution < -0.4 is 14.8 Å². The minimum Gasteiger partial charge on any atom is -0.493 e. The number of rotatable bonds is 4. The van der Waals surface area contributed by atoms with E-state index in [2.05, 4.69) is 25.3 Å². The monoisotopic (exact) mass is 437 g/mol. The number of carbonyl (C=O) groups is 1. The molecule has 2 N–H and O–H groups in total. The second-order valence-corrected chi connectivity index (χ2v) is 7.97. The highest BCUT2D eigenvalue weighted by Crippen LogP contribution is 2.48. The first-order valence-corrected chi connectivity index (χ1v) is 10.5. The highest BCUT2D eigenvalue weighted by atomic mass is 32.2. The lowest BCUT2D eigenvalue weighted by Crippen LogP contribution is -2.16. The van der Waals surface area contributed by atoms with Gasteiger partial charge in [-0.3, -0.25) is 4.79 Å². The number of H-pyrrole nitrogens is 1. The standard InChI is InChI=1S/C20H19N7O3S/c1-10-14-17(11-5-4-6-12(29-2)16(11)30-3)31-7-13(28)25-19(14)27(26-10)20-15-18(22-8-21-15)23-9-24-20/h4-6,8-9,17H,7H2,1-3H3,(H,25,28)(H,21,22,23,24)/t17-/m1/s1. The molecule has 1 aromatic carbocycles. The minimum atomic E-state index is -0.202. The Bertz CT molecular complexity index is 1300. The number of imidazole rings is 1. The number of ether oxygens (including phenoxy) is 2. The van der Waals surface area contributed by atoms with Gasteiger partial charge in [0, 0.05) is 11.1 Å². The maximum absolute atomic E-state index is 12.6. The van der Waals surface area contributed by atoms with Crippen molar-refractivity contribution in [2.75, 3.05) is 25.3 Å². The van der Waals surface area contributed by atoms with E-state index in [0.717, 1.165) is 16.8 Å². The zero-order valence-corrected chi connectivity index (χ0v) is 17.9. The quantitative estimate of drug-likeness (QED) is 0.500. The molecule has 0 spiro atoms. The van der Waals surface area contributed by atoms with Crippen LogP contribution in [0.1, 0.15) is 22.1 Å². The second kappa shape index (κ2) is 7.58. The summed E-state index contributed by atoms with van der Waals surface area (Å²) in [6.07, 6.45) is 2.98. The molecule has 1 atom stereocenters. The van der Waals surface area contributed by atoms with E-state index in [1.807, 2.05) is 25.1 Å². The van der Waals surface area contributed by atoms with Crippen LogP contribution in [0.25, 0.3) is 17.0 Å². The van der Waals surface area contributed by atoms with Crippen molar-refractivity contribution in [3.8, 4) is 17.3 Å². The van der Waals surface area contributed by atoms with Crippen LogP contribution in [0.5, 0.6) is 11.5 Å². The van der Waals surface area contributed by atoms with Gasteiger partial charge in [-0.2, -0.15) is 9.78 Å². The van der Waals surface area contributed by atoms with Gasteiger partial charge in [0.15, 0.2) is 23.0 Å². The molecule has 0 saturated heterocycles. The summed E-state index contributed by atoms with van der Waals surface area (Å²) in [5.74, 6) is 2.50. The molecule has 4 aromatic rings. The van der Waals surface area contributed by atoms with E-state index in [-0.39, 0.29) is 16.9 Å². The molecule has 1 amide bonds. The topological polar surface area (TPSA) is 120 Å². The van der Waals surface area contributed by atoms with Gasteiger partial charge in [-0.05, 0) is 13.0 Å². The molecule has 31 heavy (non-hydrogen) atoms. The van der Waals surface area contributed by atoms with Crippen molar-refractivity contribution >= 4 is 34.7 Å². The van der Waals surface area contributed by atoms with Gasteiger partial charge >= 0.3 is 0 Å². The molecule has 1 aliphatic heterocycles. The number of nitrogens with zero attached hydrogens (tertiary/aromatic N) is 5. The number of thioether (sulfide) groups is 1. The number of para-hydroxylation sites is 1.